The number of hydrogen-bond acceptors (Lipinski definition) is 4. The van der Waals surface area contributed by atoms with Crippen LogP contribution < -0.4 is 5.73 Å². The molecule has 1 saturated carbocycles. The van der Waals surface area contributed by atoms with Crippen molar-refractivity contribution in [3.63, 3.8) is 0 Å². The molecular formula is C14H24N2O2. The van der Waals surface area contributed by atoms with Gasteiger partial charge >= 0.3 is 0 Å². The molecule has 2 rings (SSSR count). The molecule has 1 fully saturated rings. The van der Waals surface area contributed by atoms with E-state index in [2.05, 4.69) is 25.9 Å². The maximum atomic E-state index is 5.96. The number of aromatic nitrogens is 1. The number of nitrogens with zero attached hydrogens (tertiary/aromatic N) is 1. The van der Waals surface area contributed by atoms with Crippen molar-refractivity contribution >= 4 is 0 Å². The molecule has 18 heavy (non-hydrogen) atoms. The van der Waals surface area contributed by atoms with Crippen LogP contribution in [0.2, 0.25) is 0 Å². The van der Waals surface area contributed by atoms with Crippen molar-refractivity contribution in [2.75, 3.05) is 0 Å². The lowest BCUT2D eigenvalue weighted by Crippen LogP contribution is -2.32. The van der Waals surface area contributed by atoms with Gasteiger partial charge in [-0.2, -0.15) is 0 Å². The highest BCUT2D eigenvalue weighted by Crippen LogP contribution is 2.39. The van der Waals surface area contributed by atoms with E-state index in [4.69, 9.17) is 15.0 Å². The Morgan fingerprint density at radius 2 is 2.28 bits per heavy atom. The van der Waals surface area contributed by atoms with Gasteiger partial charge in [-0.3, -0.25) is 0 Å². The van der Waals surface area contributed by atoms with Gasteiger partial charge < -0.3 is 15.0 Å². The lowest BCUT2D eigenvalue weighted by Gasteiger charge is -2.38. The first-order valence-electron chi connectivity index (χ1n) is 6.74. The number of nitrogens with two attached hydrogens (primary N) is 1. The summed E-state index contributed by atoms with van der Waals surface area (Å²) in [5.41, 5.74) is 6.66. The highest BCUT2D eigenvalue weighted by atomic mass is 16.5. The molecule has 0 bridgehead atoms. The Morgan fingerprint density at radius 1 is 1.50 bits per heavy atom. The van der Waals surface area contributed by atoms with E-state index in [-0.39, 0.29) is 0 Å². The number of ether oxygens (including phenoxy) is 1. The lowest BCUT2D eigenvalue weighted by molar-refractivity contribution is -0.0380. The Bertz CT molecular complexity index is 387. The Hall–Kier alpha value is -0.870. The maximum absolute atomic E-state index is 5.96. The summed E-state index contributed by atoms with van der Waals surface area (Å²) in [4.78, 5) is 0. The summed E-state index contributed by atoms with van der Waals surface area (Å²) < 4.78 is 11.1. The van der Waals surface area contributed by atoms with E-state index < -0.39 is 0 Å². The van der Waals surface area contributed by atoms with Crippen LogP contribution >= 0.6 is 0 Å². The third kappa shape index (κ3) is 3.56. The lowest BCUT2D eigenvalue weighted by atomic mass is 9.71. The van der Waals surface area contributed by atoms with Crippen molar-refractivity contribution in [3.05, 3.63) is 17.5 Å². The van der Waals surface area contributed by atoms with Gasteiger partial charge in [0.25, 0.3) is 0 Å². The summed E-state index contributed by atoms with van der Waals surface area (Å²) >= 11 is 0. The summed E-state index contributed by atoms with van der Waals surface area (Å²) in [6.45, 7) is 7.86. The quantitative estimate of drug-likeness (QED) is 0.895. The predicted octanol–water partition coefficient (Wildman–Crippen LogP) is 2.86. The zero-order chi connectivity index (χ0) is 13.2. The average Bonchev–Trinajstić information content (AvgIpc) is 2.71. The second-order valence-corrected chi connectivity index (χ2v) is 6.34. The second kappa shape index (κ2) is 5.41. The van der Waals surface area contributed by atoms with Gasteiger partial charge in [0.1, 0.15) is 6.61 Å². The highest BCUT2D eigenvalue weighted by Gasteiger charge is 2.32. The monoisotopic (exact) mass is 252 g/mol. The van der Waals surface area contributed by atoms with E-state index in [9.17, 15) is 0 Å². The van der Waals surface area contributed by atoms with Crippen molar-refractivity contribution in [3.8, 4) is 0 Å². The van der Waals surface area contributed by atoms with E-state index in [0.29, 0.717) is 24.7 Å². The number of hydrogen-bond donors (Lipinski definition) is 1. The molecule has 0 aliphatic heterocycles. The summed E-state index contributed by atoms with van der Waals surface area (Å²) in [5, 5.41) is 3.86. The number of rotatable bonds is 4. The molecule has 0 amide bonds. The van der Waals surface area contributed by atoms with Crippen molar-refractivity contribution in [2.24, 2.45) is 17.1 Å². The van der Waals surface area contributed by atoms with Crippen LogP contribution in [-0.2, 0) is 17.9 Å². The molecule has 0 radical (unpaired) electrons. The van der Waals surface area contributed by atoms with Gasteiger partial charge in [-0.05, 0) is 30.6 Å². The summed E-state index contributed by atoms with van der Waals surface area (Å²) in [5.74, 6) is 1.50. The maximum Gasteiger partial charge on any atom is 0.162 e. The zero-order valence-electron chi connectivity index (χ0n) is 11.6. The van der Waals surface area contributed by atoms with E-state index in [1.165, 1.54) is 6.42 Å². The Kier molecular flexibility index (Phi) is 4.07. The largest absolute Gasteiger partial charge is 0.370 e. The predicted molar refractivity (Wildman–Crippen MR) is 69.8 cm³/mol. The minimum atomic E-state index is 0.329. The molecule has 2 N–H and O–H groups in total. The standard InChI is InChI=1S/C14H24N2O2/c1-10-4-12(7-14(2,3)6-10)17-9-13-5-11(8-15)16-18-13/h5,10,12H,4,6-9,15H2,1-3H3. The summed E-state index contributed by atoms with van der Waals surface area (Å²) in [6.07, 6.45) is 3.87. The van der Waals surface area contributed by atoms with Crippen molar-refractivity contribution < 1.29 is 9.26 Å². The normalized spacial score (nSPS) is 27.3. The SMILES string of the molecule is CC1CC(OCc2cc(CN)no2)CC(C)(C)C1. The zero-order valence-corrected chi connectivity index (χ0v) is 11.6. The van der Waals surface area contributed by atoms with Gasteiger partial charge in [-0.1, -0.05) is 25.9 Å². The third-order valence-corrected chi connectivity index (χ3v) is 3.62. The van der Waals surface area contributed by atoms with Crippen LogP contribution in [0.1, 0.15) is 51.5 Å². The van der Waals surface area contributed by atoms with Crippen molar-refractivity contribution in [1.82, 2.24) is 5.16 Å². The molecule has 2 unspecified atom stereocenters. The van der Waals surface area contributed by atoms with Gasteiger partial charge in [-0.15, -0.1) is 0 Å². The third-order valence-electron chi connectivity index (χ3n) is 3.62. The van der Waals surface area contributed by atoms with Crippen LogP contribution in [0.5, 0.6) is 0 Å². The topological polar surface area (TPSA) is 61.3 Å². The van der Waals surface area contributed by atoms with Crippen LogP contribution in [0.4, 0.5) is 0 Å². The average molecular weight is 252 g/mol. The first-order valence-corrected chi connectivity index (χ1v) is 6.74. The molecule has 0 saturated heterocycles. The molecule has 102 valence electrons. The van der Waals surface area contributed by atoms with Gasteiger partial charge in [0.05, 0.1) is 11.8 Å². The smallest absolute Gasteiger partial charge is 0.162 e. The van der Waals surface area contributed by atoms with E-state index >= 15 is 0 Å². The molecule has 1 aromatic heterocycles. The van der Waals surface area contributed by atoms with Crippen LogP contribution in [0.3, 0.4) is 0 Å². The van der Waals surface area contributed by atoms with Crippen LogP contribution in [0.25, 0.3) is 0 Å². The fourth-order valence-electron chi connectivity index (χ4n) is 3.11. The van der Waals surface area contributed by atoms with E-state index in [1.54, 1.807) is 0 Å². The molecule has 4 heteroatoms. The second-order valence-electron chi connectivity index (χ2n) is 6.34. The van der Waals surface area contributed by atoms with Gasteiger partial charge in [0, 0.05) is 12.6 Å². The van der Waals surface area contributed by atoms with Crippen LogP contribution in [-0.4, -0.2) is 11.3 Å². The fourth-order valence-corrected chi connectivity index (χ4v) is 3.11. The molecule has 1 heterocycles. The molecule has 1 aliphatic carbocycles. The van der Waals surface area contributed by atoms with Crippen LogP contribution in [0, 0.1) is 11.3 Å². The summed E-state index contributed by atoms with van der Waals surface area (Å²) in [7, 11) is 0. The molecular weight excluding hydrogens is 228 g/mol. The minimum absolute atomic E-state index is 0.329. The molecule has 1 aliphatic rings. The van der Waals surface area contributed by atoms with Crippen molar-refractivity contribution in [1.29, 1.82) is 0 Å². The Balaban J connectivity index is 1.86. The Labute approximate surface area is 109 Å². The molecule has 0 aromatic carbocycles. The summed E-state index contributed by atoms with van der Waals surface area (Å²) in [6, 6.07) is 1.87. The minimum Gasteiger partial charge on any atom is -0.370 e. The van der Waals surface area contributed by atoms with Crippen molar-refractivity contribution in [2.45, 2.75) is 59.3 Å². The fraction of sp³-hybridized carbons (Fsp3) is 0.786. The Morgan fingerprint density at radius 3 is 2.89 bits per heavy atom. The van der Waals surface area contributed by atoms with E-state index in [0.717, 1.165) is 30.2 Å². The molecule has 1 aromatic rings. The molecule has 2 atom stereocenters. The first-order chi connectivity index (χ1) is 8.48. The first kappa shape index (κ1) is 13.6. The molecule has 0 spiro atoms. The van der Waals surface area contributed by atoms with Gasteiger partial charge in [0.2, 0.25) is 0 Å². The molecule has 4 nitrogen and oxygen atoms in total. The van der Waals surface area contributed by atoms with Crippen LogP contribution in [0.15, 0.2) is 10.6 Å². The highest BCUT2D eigenvalue weighted by molar-refractivity contribution is 5.03. The van der Waals surface area contributed by atoms with Gasteiger partial charge in [-0.25, -0.2) is 0 Å². The van der Waals surface area contributed by atoms with E-state index in [1.807, 2.05) is 6.07 Å². The van der Waals surface area contributed by atoms with Gasteiger partial charge in [0.15, 0.2) is 5.76 Å².